The van der Waals surface area contributed by atoms with E-state index in [1.54, 1.807) is 0 Å². The van der Waals surface area contributed by atoms with Gasteiger partial charge < -0.3 is 5.32 Å². The van der Waals surface area contributed by atoms with Crippen LogP contribution in [0.4, 0.5) is 5.69 Å². The Hall–Kier alpha value is -0.930. The van der Waals surface area contributed by atoms with Gasteiger partial charge in [0, 0.05) is 17.1 Å². The lowest BCUT2D eigenvalue weighted by Gasteiger charge is -2.22. The SMILES string of the molecule is C=C(Nc1c(C)cc(C)cc1C)[C@H]1CSC(C)(C)N1. The number of thioether (sulfide) groups is 1. The molecule has 104 valence electrons. The van der Waals surface area contributed by atoms with Gasteiger partial charge in [-0.05, 0) is 45.7 Å². The van der Waals surface area contributed by atoms with Crippen LogP contribution in [-0.4, -0.2) is 16.7 Å². The molecule has 1 atom stereocenters. The molecule has 0 amide bonds. The molecule has 1 aliphatic rings. The number of benzene rings is 1. The molecule has 0 bridgehead atoms. The Morgan fingerprint density at radius 1 is 1.32 bits per heavy atom. The van der Waals surface area contributed by atoms with Gasteiger partial charge in [-0.25, -0.2) is 0 Å². The van der Waals surface area contributed by atoms with E-state index in [4.69, 9.17) is 0 Å². The number of hydrogen-bond donors (Lipinski definition) is 2. The Balaban J connectivity index is 2.12. The summed E-state index contributed by atoms with van der Waals surface area (Å²) in [5.41, 5.74) is 6.13. The summed E-state index contributed by atoms with van der Waals surface area (Å²) < 4.78 is 0. The zero-order valence-corrected chi connectivity index (χ0v) is 13.4. The summed E-state index contributed by atoms with van der Waals surface area (Å²) in [6, 6.07) is 4.76. The first kappa shape index (κ1) is 14.5. The van der Waals surface area contributed by atoms with Crippen LogP contribution in [0.1, 0.15) is 30.5 Å². The van der Waals surface area contributed by atoms with Gasteiger partial charge >= 0.3 is 0 Å². The summed E-state index contributed by atoms with van der Waals surface area (Å²) in [5.74, 6) is 1.07. The smallest absolute Gasteiger partial charge is 0.0594 e. The second kappa shape index (κ2) is 5.22. The molecule has 1 aliphatic heterocycles. The maximum Gasteiger partial charge on any atom is 0.0594 e. The second-order valence-corrected chi connectivity index (χ2v) is 7.58. The number of aryl methyl sites for hydroxylation is 3. The fourth-order valence-electron chi connectivity index (χ4n) is 2.61. The highest BCUT2D eigenvalue weighted by molar-refractivity contribution is 8.00. The average molecular weight is 276 g/mol. The minimum absolute atomic E-state index is 0.145. The van der Waals surface area contributed by atoms with Crippen LogP contribution >= 0.6 is 11.8 Å². The molecule has 1 aromatic rings. The van der Waals surface area contributed by atoms with Crippen LogP contribution in [0.2, 0.25) is 0 Å². The van der Waals surface area contributed by atoms with Gasteiger partial charge in [0.1, 0.15) is 0 Å². The molecular weight excluding hydrogens is 252 g/mol. The third kappa shape index (κ3) is 3.34. The van der Waals surface area contributed by atoms with E-state index < -0.39 is 0 Å². The third-order valence-corrected chi connectivity index (χ3v) is 4.86. The van der Waals surface area contributed by atoms with Gasteiger partial charge in [0.2, 0.25) is 0 Å². The lowest BCUT2D eigenvalue weighted by Crippen LogP contribution is -2.39. The topological polar surface area (TPSA) is 24.1 Å². The summed E-state index contributed by atoms with van der Waals surface area (Å²) >= 11 is 1.95. The molecule has 2 N–H and O–H groups in total. The first-order valence-corrected chi connectivity index (χ1v) is 7.72. The molecule has 0 spiro atoms. The highest BCUT2D eigenvalue weighted by Crippen LogP contribution is 2.32. The largest absolute Gasteiger partial charge is 0.358 e. The van der Waals surface area contributed by atoms with Crippen molar-refractivity contribution in [3.05, 3.63) is 41.1 Å². The quantitative estimate of drug-likeness (QED) is 0.873. The van der Waals surface area contributed by atoms with Crippen LogP contribution < -0.4 is 10.6 Å². The van der Waals surface area contributed by atoms with Gasteiger partial charge in [-0.15, -0.1) is 11.8 Å². The van der Waals surface area contributed by atoms with Crippen molar-refractivity contribution in [2.75, 3.05) is 11.1 Å². The summed E-state index contributed by atoms with van der Waals surface area (Å²) in [6.45, 7) is 15.1. The van der Waals surface area contributed by atoms with Crippen molar-refractivity contribution in [2.24, 2.45) is 0 Å². The normalized spacial score (nSPS) is 21.4. The van der Waals surface area contributed by atoms with Gasteiger partial charge in [-0.3, -0.25) is 5.32 Å². The Morgan fingerprint density at radius 3 is 2.37 bits per heavy atom. The lowest BCUT2D eigenvalue weighted by atomic mass is 10.0. The molecule has 0 unspecified atom stereocenters. The zero-order valence-electron chi connectivity index (χ0n) is 12.6. The Bertz CT molecular complexity index is 482. The van der Waals surface area contributed by atoms with Gasteiger partial charge in [0.05, 0.1) is 10.9 Å². The minimum atomic E-state index is 0.145. The van der Waals surface area contributed by atoms with E-state index in [9.17, 15) is 0 Å². The fourth-order valence-corrected chi connectivity index (χ4v) is 3.70. The summed E-state index contributed by atoms with van der Waals surface area (Å²) in [5, 5.41) is 7.12. The van der Waals surface area contributed by atoms with Gasteiger partial charge in [-0.2, -0.15) is 0 Å². The van der Waals surface area contributed by atoms with Crippen LogP contribution in [0.25, 0.3) is 0 Å². The van der Waals surface area contributed by atoms with Crippen molar-refractivity contribution < 1.29 is 0 Å². The fraction of sp³-hybridized carbons (Fsp3) is 0.500. The molecule has 0 saturated carbocycles. The van der Waals surface area contributed by atoms with Crippen LogP contribution in [0.5, 0.6) is 0 Å². The Labute approximate surface area is 121 Å². The standard InChI is InChI=1S/C16H24N2S/c1-10-7-11(2)15(12(3)8-10)17-13(4)14-9-19-16(5,6)18-14/h7-8,14,17-18H,4,9H2,1-3,5-6H3/t14-/m1/s1. The first-order chi connectivity index (χ1) is 8.78. The Kier molecular flexibility index (Phi) is 3.98. The van der Waals surface area contributed by atoms with E-state index >= 15 is 0 Å². The number of anilines is 1. The lowest BCUT2D eigenvalue weighted by molar-refractivity contribution is 0.532. The van der Waals surface area contributed by atoms with Crippen molar-refractivity contribution in [3.8, 4) is 0 Å². The Morgan fingerprint density at radius 2 is 1.89 bits per heavy atom. The van der Waals surface area contributed by atoms with Crippen molar-refractivity contribution in [1.82, 2.24) is 5.32 Å². The number of nitrogens with one attached hydrogen (secondary N) is 2. The van der Waals surface area contributed by atoms with E-state index in [2.05, 4.69) is 64.0 Å². The van der Waals surface area contributed by atoms with E-state index in [0.29, 0.717) is 6.04 Å². The molecular formula is C16H24N2S. The third-order valence-electron chi connectivity index (χ3n) is 3.52. The molecule has 0 aromatic heterocycles. The summed E-state index contributed by atoms with van der Waals surface area (Å²) in [6.07, 6.45) is 0. The molecule has 0 aliphatic carbocycles. The van der Waals surface area contributed by atoms with E-state index in [1.165, 1.54) is 22.4 Å². The van der Waals surface area contributed by atoms with Gasteiger partial charge in [-0.1, -0.05) is 24.3 Å². The molecule has 2 rings (SSSR count). The van der Waals surface area contributed by atoms with Crippen molar-refractivity contribution in [3.63, 3.8) is 0 Å². The zero-order chi connectivity index (χ0) is 14.2. The molecule has 1 aromatic carbocycles. The van der Waals surface area contributed by atoms with Crippen LogP contribution in [-0.2, 0) is 0 Å². The molecule has 3 heteroatoms. The molecule has 2 nitrogen and oxygen atoms in total. The van der Waals surface area contributed by atoms with Crippen molar-refractivity contribution in [1.29, 1.82) is 0 Å². The minimum Gasteiger partial charge on any atom is -0.358 e. The monoisotopic (exact) mass is 276 g/mol. The summed E-state index contributed by atoms with van der Waals surface area (Å²) in [7, 11) is 0. The van der Waals surface area contributed by atoms with E-state index in [0.717, 1.165) is 11.4 Å². The summed E-state index contributed by atoms with van der Waals surface area (Å²) in [4.78, 5) is 0.145. The van der Waals surface area contributed by atoms with Crippen molar-refractivity contribution >= 4 is 17.4 Å². The molecule has 1 fully saturated rings. The second-order valence-electron chi connectivity index (χ2n) is 5.94. The first-order valence-electron chi connectivity index (χ1n) is 6.74. The average Bonchev–Trinajstić information content (AvgIpc) is 2.64. The number of rotatable bonds is 3. The van der Waals surface area contributed by atoms with E-state index in [1.807, 2.05) is 11.8 Å². The van der Waals surface area contributed by atoms with Gasteiger partial charge in [0.25, 0.3) is 0 Å². The number of hydrogen-bond acceptors (Lipinski definition) is 3. The highest BCUT2D eigenvalue weighted by Gasteiger charge is 2.32. The van der Waals surface area contributed by atoms with Crippen molar-refractivity contribution in [2.45, 2.75) is 45.5 Å². The maximum atomic E-state index is 4.22. The predicted octanol–water partition coefficient (Wildman–Crippen LogP) is 3.98. The van der Waals surface area contributed by atoms with Crippen LogP contribution in [0, 0.1) is 20.8 Å². The van der Waals surface area contributed by atoms with Crippen LogP contribution in [0.3, 0.4) is 0 Å². The van der Waals surface area contributed by atoms with E-state index in [-0.39, 0.29) is 4.87 Å². The molecule has 1 heterocycles. The predicted molar refractivity (Wildman–Crippen MR) is 86.9 cm³/mol. The van der Waals surface area contributed by atoms with Gasteiger partial charge in [0.15, 0.2) is 0 Å². The molecule has 0 radical (unpaired) electrons. The molecule has 19 heavy (non-hydrogen) atoms. The maximum absolute atomic E-state index is 4.22. The highest BCUT2D eigenvalue weighted by atomic mass is 32.2. The molecule has 1 saturated heterocycles. The van der Waals surface area contributed by atoms with Crippen LogP contribution in [0.15, 0.2) is 24.4 Å².